The van der Waals surface area contributed by atoms with Crippen LogP contribution in [0.25, 0.3) is 0 Å². The summed E-state index contributed by atoms with van der Waals surface area (Å²) in [5.74, 6) is -0.159. The Bertz CT molecular complexity index is 1340. The van der Waals surface area contributed by atoms with Crippen LogP contribution in [0.2, 0.25) is 0 Å². The van der Waals surface area contributed by atoms with Gasteiger partial charge in [0.15, 0.2) is 0 Å². The number of amides is 2. The number of anilines is 1. The van der Waals surface area contributed by atoms with E-state index in [9.17, 15) is 18.0 Å². The van der Waals surface area contributed by atoms with Crippen molar-refractivity contribution in [2.75, 3.05) is 30.5 Å². The van der Waals surface area contributed by atoms with Gasteiger partial charge in [-0.3, -0.25) is 13.9 Å². The molecule has 0 aliphatic heterocycles. The Hall–Kier alpha value is -3.85. The molecule has 8 nitrogen and oxygen atoms in total. The van der Waals surface area contributed by atoms with Crippen molar-refractivity contribution in [3.8, 4) is 5.75 Å². The number of hydrogen-bond donors (Lipinski definition) is 1. The van der Waals surface area contributed by atoms with Gasteiger partial charge in [0, 0.05) is 13.1 Å². The number of hydrogen-bond acceptors (Lipinski definition) is 5. The SMILES string of the molecule is CCCNC(=O)[C@@H](C)N(CCc1ccccc1)C(=O)CN(c1ccc(OCC)cc1)S(=O)(=O)c1ccc(C)cc1. The highest BCUT2D eigenvalue weighted by Gasteiger charge is 2.32. The number of sulfonamides is 1. The molecule has 1 atom stereocenters. The highest BCUT2D eigenvalue weighted by molar-refractivity contribution is 7.92. The van der Waals surface area contributed by atoms with Crippen LogP contribution in [0, 0.1) is 6.92 Å². The average Bonchev–Trinajstić information content (AvgIpc) is 2.96. The molecule has 0 aliphatic rings. The number of aryl methyl sites for hydroxylation is 1. The van der Waals surface area contributed by atoms with Crippen LogP contribution in [-0.2, 0) is 26.0 Å². The molecule has 0 heterocycles. The van der Waals surface area contributed by atoms with E-state index in [1.54, 1.807) is 43.3 Å². The number of benzene rings is 3. The molecule has 40 heavy (non-hydrogen) atoms. The van der Waals surface area contributed by atoms with Crippen LogP contribution in [0.5, 0.6) is 5.75 Å². The lowest BCUT2D eigenvalue weighted by Gasteiger charge is -2.32. The predicted octanol–water partition coefficient (Wildman–Crippen LogP) is 4.58. The third kappa shape index (κ3) is 8.08. The summed E-state index contributed by atoms with van der Waals surface area (Å²) < 4.78 is 34.4. The fourth-order valence-electron chi connectivity index (χ4n) is 4.21. The molecule has 0 saturated carbocycles. The van der Waals surface area contributed by atoms with Crippen LogP contribution in [0.4, 0.5) is 5.69 Å². The van der Waals surface area contributed by atoms with Crippen molar-refractivity contribution < 1.29 is 22.7 Å². The maximum atomic E-state index is 13.9. The second-order valence-corrected chi connectivity index (χ2v) is 11.4. The zero-order chi connectivity index (χ0) is 29.1. The molecule has 0 aromatic heterocycles. The molecule has 3 rings (SSSR count). The predicted molar refractivity (Wildman–Crippen MR) is 158 cm³/mol. The highest BCUT2D eigenvalue weighted by atomic mass is 32.2. The quantitative estimate of drug-likeness (QED) is 0.309. The molecule has 2 amide bonds. The number of nitrogens with one attached hydrogen (secondary N) is 1. The number of rotatable bonds is 14. The number of carbonyl (C=O) groups is 2. The molecule has 1 N–H and O–H groups in total. The van der Waals surface area contributed by atoms with Crippen molar-refractivity contribution in [3.05, 3.63) is 90.0 Å². The maximum Gasteiger partial charge on any atom is 0.264 e. The normalized spacial score (nSPS) is 11.9. The van der Waals surface area contributed by atoms with Crippen LogP contribution in [0.1, 0.15) is 38.3 Å². The van der Waals surface area contributed by atoms with Crippen LogP contribution in [-0.4, -0.2) is 57.4 Å². The third-order valence-electron chi connectivity index (χ3n) is 6.52. The number of nitrogens with zero attached hydrogens (tertiary/aromatic N) is 2. The first-order valence-electron chi connectivity index (χ1n) is 13.6. The van der Waals surface area contributed by atoms with Crippen LogP contribution in [0.3, 0.4) is 0 Å². The van der Waals surface area contributed by atoms with E-state index in [1.165, 1.54) is 17.0 Å². The Morgan fingerprint density at radius 2 is 1.57 bits per heavy atom. The first-order valence-corrected chi connectivity index (χ1v) is 15.0. The molecule has 0 aliphatic carbocycles. The minimum atomic E-state index is -4.11. The molecule has 0 bridgehead atoms. The van der Waals surface area contributed by atoms with Crippen molar-refractivity contribution >= 4 is 27.5 Å². The van der Waals surface area contributed by atoms with Crippen molar-refractivity contribution in [2.45, 2.75) is 51.5 Å². The minimum Gasteiger partial charge on any atom is -0.494 e. The van der Waals surface area contributed by atoms with Crippen molar-refractivity contribution in [1.29, 1.82) is 0 Å². The monoisotopic (exact) mass is 565 g/mol. The Morgan fingerprint density at radius 3 is 2.17 bits per heavy atom. The molecule has 9 heteroatoms. The van der Waals surface area contributed by atoms with Crippen molar-refractivity contribution in [2.24, 2.45) is 0 Å². The van der Waals surface area contributed by atoms with E-state index in [4.69, 9.17) is 4.74 Å². The lowest BCUT2D eigenvalue weighted by atomic mass is 10.1. The lowest BCUT2D eigenvalue weighted by Crippen LogP contribution is -2.52. The van der Waals surface area contributed by atoms with E-state index < -0.39 is 28.5 Å². The van der Waals surface area contributed by atoms with Gasteiger partial charge in [0.05, 0.1) is 17.2 Å². The topological polar surface area (TPSA) is 96.0 Å². The molecular weight excluding hydrogens is 526 g/mol. The second kappa shape index (κ2) is 14.5. The zero-order valence-corrected chi connectivity index (χ0v) is 24.5. The highest BCUT2D eigenvalue weighted by Crippen LogP contribution is 2.26. The summed E-state index contributed by atoms with van der Waals surface area (Å²) in [7, 11) is -4.11. The second-order valence-electron chi connectivity index (χ2n) is 9.54. The summed E-state index contributed by atoms with van der Waals surface area (Å²) in [4.78, 5) is 28.3. The largest absolute Gasteiger partial charge is 0.494 e. The molecule has 0 saturated heterocycles. The molecule has 0 fully saturated rings. The zero-order valence-electron chi connectivity index (χ0n) is 23.7. The first-order chi connectivity index (χ1) is 19.2. The van der Waals surface area contributed by atoms with Crippen LogP contribution >= 0.6 is 0 Å². The Morgan fingerprint density at radius 1 is 0.925 bits per heavy atom. The van der Waals surface area contributed by atoms with Gasteiger partial charge in [0.1, 0.15) is 18.3 Å². The van der Waals surface area contributed by atoms with E-state index in [0.29, 0.717) is 31.0 Å². The third-order valence-corrected chi connectivity index (χ3v) is 8.31. The van der Waals surface area contributed by atoms with Gasteiger partial charge in [-0.05, 0) is 75.6 Å². The van der Waals surface area contributed by atoms with E-state index in [-0.39, 0.29) is 17.3 Å². The molecule has 0 radical (unpaired) electrons. The van der Waals surface area contributed by atoms with Gasteiger partial charge in [-0.1, -0.05) is 55.0 Å². The first kappa shape index (κ1) is 30.7. The Kier molecular flexibility index (Phi) is 11.1. The summed E-state index contributed by atoms with van der Waals surface area (Å²) >= 11 is 0. The van der Waals surface area contributed by atoms with Gasteiger partial charge < -0.3 is 15.0 Å². The van der Waals surface area contributed by atoms with E-state index in [1.807, 2.05) is 51.1 Å². The number of ether oxygens (including phenoxy) is 1. The average molecular weight is 566 g/mol. The van der Waals surface area contributed by atoms with E-state index in [2.05, 4.69) is 5.32 Å². The molecule has 3 aromatic carbocycles. The van der Waals surface area contributed by atoms with Gasteiger partial charge in [0.2, 0.25) is 11.8 Å². The molecular formula is C31H39N3O5S. The van der Waals surface area contributed by atoms with E-state index >= 15 is 0 Å². The van der Waals surface area contributed by atoms with Gasteiger partial charge >= 0.3 is 0 Å². The van der Waals surface area contributed by atoms with Gasteiger partial charge in [0.25, 0.3) is 10.0 Å². The molecule has 214 valence electrons. The smallest absolute Gasteiger partial charge is 0.264 e. The Balaban J connectivity index is 1.97. The maximum absolute atomic E-state index is 13.9. The van der Waals surface area contributed by atoms with Gasteiger partial charge in [-0.25, -0.2) is 8.42 Å². The molecule has 3 aromatic rings. The summed E-state index contributed by atoms with van der Waals surface area (Å²) in [6.45, 7) is 8.11. The van der Waals surface area contributed by atoms with Gasteiger partial charge in [-0.15, -0.1) is 0 Å². The van der Waals surface area contributed by atoms with Gasteiger partial charge in [-0.2, -0.15) is 0 Å². The van der Waals surface area contributed by atoms with Crippen molar-refractivity contribution in [1.82, 2.24) is 10.2 Å². The van der Waals surface area contributed by atoms with Crippen molar-refractivity contribution in [3.63, 3.8) is 0 Å². The summed E-state index contributed by atoms with van der Waals surface area (Å²) in [6.07, 6.45) is 1.28. The number of carbonyl (C=O) groups excluding carboxylic acids is 2. The standard InChI is InChI=1S/C31H39N3O5S/c1-5-21-32-31(36)25(4)33(22-20-26-10-8-7-9-11-26)30(35)23-34(27-14-16-28(17-15-27)39-6-2)40(37,38)29-18-12-24(3)13-19-29/h7-19,25H,5-6,20-23H2,1-4H3,(H,32,36)/t25-/m1/s1. The van der Waals surface area contributed by atoms with Crippen LogP contribution < -0.4 is 14.4 Å². The Labute approximate surface area is 238 Å². The lowest BCUT2D eigenvalue weighted by molar-refractivity contribution is -0.138. The minimum absolute atomic E-state index is 0.0735. The summed E-state index contributed by atoms with van der Waals surface area (Å²) in [5, 5.41) is 2.85. The van der Waals surface area contributed by atoms with Crippen LogP contribution in [0.15, 0.2) is 83.8 Å². The van der Waals surface area contributed by atoms with E-state index in [0.717, 1.165) is 21.9 Å². The molecule has 0 spiro atoms. The fourth-order valence-corrected chi connectivity index (χ4v) is 5.62. The summed E-state index contributed by atoms with van der Waals surface area (Å²) in [6, 6.07) is 22.0. The molecule has 0 unspecified atom stereocenters. The summed E-state index contributed by atoms with van der Waals surface area (Å²) in [5.41, 5.74) is 2.25. The fraction of sp³-hybridized carbons (Fsp3) is 0.355.